The molecule has 1 aliphatic heterocycles. The smallest absolute Gasteiger partial charge is 0.0702 e. The summed E-state index contributed by atoms with van der Waals surface area (Å²) in [6, 6.07) is 2.19. The van der Waals surface area contributed by atoms with Crippen LogP contribution < -0.4 is 0 Å². The van der Waals surface area contributed by atoms with Gasteiger partial charge in [-0.15, -0.1) is 10.8 Å². The lowest BCUT2D eigenvalue weighted by Gasteiger charge is -2.37. The van der Waals surface area contributed by atoms with Gasteiger partial charge in [0.25, 0.3) is 0 Å². The number of hydrogen-bond donors (Lipinski definition) is 2. The quantitative estimate of drug-likeness (QED) is 0.657. The van der Waals surface area contributed by atoms with Crippen LogP contribution in [0, 0.1) is 16.7 Å². The summed E-state index contributed by atoms with van der Waals surface area (Å²) in [6.07, 6.45) is 2.11. The lowest BCUT2D eigenvalue weighted by molar-refractivity contribution is 0.372. The summed E-state index contributed by atoms with van der Waals surface area (Å²) >= 11 is 0. The van der Waals surface area contributed by atoms with Gasteiger partial charge in [-0.05, 0) is 13.3 Å². The summed E-state index contributed by atoms with van der Waals surface area (Å²) < 4.78 is 20.2. The van der Waals surface area contributed by atoms with Crippen molar-refractivity contribution in [2.75, 3.05) is 19.3 Å². The predicted molar refractivity (Wildman–Crippen MR) is 48.7 cm³/mol. The second kappa shape index (κ2) is 2.89. The maximum Gasteiger partial charge on any atom is 0.0702 e. The average molecular weight is 190 g/mol. The van der Waals surface area contributed by atoms with Crippen molar-refractivity contribution in [2.45, 2.75) is 13.3 Å². The van der Waals surface area contributed by atoms with Gasteiger partial charge in [0.1, 0.15) is 0 Å². The van der Waals surface area contributed by atoms with Crippen LogP contribution in [0.5, 0.6) is 0 Å². The zero-order valence-electron chi connectivity index (χ0n) is 7.32. The average Bonchev–Trinajstić information content (AvgIpc) is 2.32. The van der Waals surface area contributed by atoms with E-state index in [1.165, 1.54) is 6.26 Å². The van der Waals surface area contributed by atoms with Gasteiger partial charge in [0.15, 0.2) is 0 Å². The van der Waals surface area contributed by atoms with Crippen molar-refractivity contribution in [3.05, 3.63) is 0 Å². The number of nitrogens with zero attached hydrogens (tertiary/aromatic N) is 2. The molecule has 0 saturated carbocycles. The maximum absolute atomic E-state index is 9.30. The SMILES string of the molecule is CC1(C#N)CCN(S(C)(O)O)C1. The van der Waals surface area contributed by atoms with Gasteiger partial charge in [-0.2, -0.15) is 5.26 Å². The van der Waals surface area contributed by atoms with Gasteiger partial charge < -0.3 is 0 Å². The molecule has 1 fully saturated rings. The van der Waals surface area contributed by atoms with Crippen LogP contribution in [-0.4, -0.2) is 32.8 Å². The molecule has 1 saturated heterocycles. The van der Waals surface area contributed by atoms with Crippen molar-refractivity contribution in [3.63, 3.8) is 0 Å². The van der Waals surface area contributed by atoms with Crippen molar-refractivity contribution >= 4 is 10.8 Å². The van der Waals surface area contributed by atoms with Gasteiger partial charge in [-0.3, -0.25) is 9.11 Å². The molecule has 0 aliphatic carbocycles. The molecule has 2 N–H and O–H groups in total. The minimum Gasteiger partial charge on any atom is -0.286 e. The van der Waals surface area contributed by atoms with Crippen molar-refractivity contribution in [1.29, 1.82) is 5.26 Å². The lowest BCUT2D eigenvalue weighted by Crippen LogP contribution is -2.26. The molecule has 0 bridgehead atoms. The largest absolute Gasteiger partial charge is 0.286 e. The molecular weight excluding hydrogens is 176 g/mol. The first-order valence-corrected chi connectivity index (χ1v) is 5.68. The molecule has 4 nitrogen and oxygen atoms in total. The van der Waals surface area contributed by atoms with E-state index < -0.39 is 16.2 Å². The van der Waals surface area contributed by atoms with Gasteiger partial charge in [-0.25, -0.2) is 4.31 Å². The lowest BCUT2D eigenvalue weighted by atomic mass is 9.92. The van der Waals surface area contributed by atoms with Gasteiger partial charge in [-0.1, -0.05) is 0 Å². The zero-order valence-corrected chi connectivity index (χ0v) is 8.13. The van der Waals surface area contributed by atoms with Crippen molar-refractivity contribution < 1.29 is 9.11 Å². The highest BCUT2D eigenvalue weighted by molar-refractivity contribution is 8.21. The molecule has 0 radical (unpaired) electrons. The van der Waals surface area contributed by atoms with Crippen LogP contribution in [0.4, 0.5) is 0 Å². The van der Waals surface area contributed by atoms with Crippen LogP contribution in [0.15, 0.2) is 0 Å². The second-order valence-electron chi connectivity index (χ2n) is 3.58. The van der Waals surface area contributed by atoms with Gasteiger partial charge >= 0.3 is 0 Å². The maximum atomic E-state index is 9.30. The minimum absolute atomic E-state index is 0.403. The van der Waals surface area contributed by atoms with Crippen LogP contribution in [-0.2, 0) is 0 Å². The zero-order chi connectivity index (χ0) is 9.41. The fourth-order valence-electron chi connectivity index (χ4n) is 1.31. The first-order chi connectivity index (χ1) is 5.37. The van der Waals surface area contributed by atoms with Gasteiger partial charge in [0.05, 0.1) is 11.5 Å². The Bertz CT molecular complexity index is 220. The summed E-state index contributed by atoms with van der Waals surface area (Å²) in [5, 5.41) is 8.78. The van der Waals surface area contributed by atoms with Crippen molar-refractivity contribution in [2.24, 2.45) is 5.41 Å². The first-order valence-electron chi connectivity index (χ1n) is 3.77. The molecule has 70 valence electrons. The molecule has 1 unspecified atom stereocenters. The Hall–Kier alpha value is -0.280. The molecule has 12 heavy (non-hydrogen) atoms. The standard InChI is InChI=1S/C7H14N2O2S/c1-7(5-8)3-4-9(6-7)12(2,10)11/h10-11H,3-4,6H2,1-2H3. The van der Waals surface area contributed by atoms with Crippen molar-refractivity contribution in [1.82, 2.24) is 4.31 Å². The van der Waals surface area contributed by atoms with Crippen LogP contribution in [0.2, 0.25) is 0 Å². The molecule has 0 amide bonds. The highest BCUT2D eigenvalue weighted by Gasteiger charge is 2.37. The molecule has 0 aromatic rings. The highest BCUT2D eigenvalue weighted by atomic mass is 32.3. The van der Waals surface area contributed by atoms with Crippen LogP contribution >= 0.6 is 10.8 Å². The third-order valence-corrected chi connectivity index (χ3v) is 3.49. The number of rotatable bonds is 1. The van der Waals surface area contributed by atoms with Crippen molar-refractivity contribution in [3.8, 4) is 6.07 Å². The second-order valence-corrected chi connectivity index (χ2v) is 5.68. The molecule has 1 rings (SSSR count). The predicted octanol–water partition coefficient (Wildman–Crippen LogP) is 1.52. The van der Waals surface area contributed by atoms with E-state index in [2.05, 4.69) is 6.07 Å². The fourth-order valence-corrected chi connectivity index (χ4v) is 2.27. The first kappa shape index (κ1) is 9.81. The highest BCUT2D eigenvalue weighted by Crippen LogP contribution is 2.45. The molecule has 0 spiro atoms. The summed E-state index contributed by atoms with van der Waals surface area (Å²) in [5.41, 5.74) is -0.403. The van der Waals surface area contributed by atoms with Gasteiger partial charge in [0, 0.05) is 19.3 Å². The number of nitriles is 1. The van der Waals surface area contributed by atoms with E-state index in [0.717, 1.165) is 0 Å². The monoisotopic (exact) mass is 190 g/mol. The Kier molecular flexibility index (Phi) is 2.36. The fraction of sp³-hybridized carbons (Fsp3) is 0.857. The minimum atomic E-state index is -2.60. The number of hydrogen-bond acceptors (Lipinski definition) is 4. The Morgan fingerprint density at radius 3 is 2.42 bits per heavy atom. The van der Waals surface area contributed by atoms with Gasteiger partial charge in [0.2, 0.25) is 0 Å². The molecule has 1 aliphatic rings. The Labute approximate surface area is 74.3 Å². The third kappa shape index (κ3) is 1.90. The normalized spacial score (nSPS) is 33.2. The van der Waals surface area contributed by atoms with Crippen LogP contribution in [0.3, 0.4) is 0 Å². The van der Waals surface area contributed by atoms with E-state index in [9.17, 15) is 9.11 Å². The third-order valence-electron chi connectivity index (χ3n) is 2.20. The summed E-state index contributed by atoms with van der Waals surface area (Å²) in [5.74, 6) is 0. The molecular formula is C7H14N2O2S. The van der Waals surface area contributed by atoms with E-state index in [4.69, 9.17) is 5.26 Å². The Morgan fingerprint density at radius 1 is 1.58 bits per heavy atom. The van der Waals surface area contributed by atoms with E-state index in [0.29, 0.717) is 19.5 Å². The summed E-state index contributed by atoms with van der Waals surface area (Å²) in [6.45, 7) is 2.91. The molecule has 0 aromatic heterocycles. The van der Waals surface area contributed by atoms with Crippen LogP contribution in [0.25, 0.3) is 0 Å². The van der Waals surface area contributed by atoms with Crippen LogP contribution in [0.1, 0.15) is 13.3 Å². The summed E-state index contributed by atoms with van der Waals surface area (Å²) in [7, 11) is -2.60. The Morgan fingerprint density at radius 2 is 2.17 bits per heavy atom. The van der Waals surface area contributed by atoms with E-state index >= 15 is 0 Å². The summed E-state index contributed by atoms with van der Waals surface area (Å²) in [4.78, 5) is 0. The molecule has 0 aromatic carbocycles. The van der Waals surface area contributed by atoms with E-state index in [-0.39, 0.29) is 0 Å². The van der Waals surface area contributed by atoms with E-state index in [1.54, 1.807) is 4.31 Å². The topological polar surface area (TPSA) is 67.5 Å². The molecule has 5 heteroatoms. The molecule has 1 heterocycles. The van der Waals surface area contributed by atoms with E-state index in [1.807, 2.05) is 6.92 Å². The Balaban J connectivity index is 2.65. The molecule has 1 atom stereocenters.